The second-order valence-corrected chi connectivity index (χ2v) is 7.92. The number of aliphatic hydroxyl groups is 2. The lowest BCUT2D eigenvalue weighted by Crippen LogP contribution is -2.19. The summed E-state index contributed by atoms with van der Waals surface area (Å²) in [5.74, 6) is -0.452. The molecule has 1 unspecified atom stereocenters. The van der Waals surface area contributed by atoms with Crippen LogP contribution in [0.3, 0.4) is 0 Å². The topological polar surface area (TPSA) is 152 Å². The summed E-state index contributed by atoms with van der Waals surface area (Å²) < 4.78 is 8.93. The van der Waals surface area contributed by atoms with E-state index in [-0.39, 0.29) is 31.8 Å². The molecule has 10 heteroatoms. The van der Waals surface area contributed by atoms with E-state index in [1.165, 1.54) is 6.08 Å². The highest BCUT2D eigenvalue weighted by molar-refractivity contribution is 5.87. The number of carbonyl (C=O) groups is 2. The first-order chi connectivity index (χ1) is 15.4. The van der Waals surface area contributed by atoms with Gasteiger partial charge >= 0.3 is 11.9 Å². The van der Waals surface area contributed by atoms with E-state index in [1.54, 1.807) is 19.9 Å². The SMILES string of the molecule is C=C(C)C(=O)OCCO.C=C(C)C(=O)OCCO.CC(CCN=C=O)CC(C)(C)CN=C=O. The molecule has 188 valence electrons. The molecule has 0 amide bonds. The molecule has 0 aromatic heterocycles. The molecule has 0 spiro atoms. The van der Waals surface area contributed by atoms with Gasteiger partial charge in [-0.25, -0.2) is 29.2 Å². The van der Waals surface area contributed by atoms with E-state index in [9.17, 15) is 19.2 Å². The maximum absolute atomic E-state index is 10.5. The minimum absolute atomic E-state index is 0.00171. The Balaban J connectivity index is -0.000000433. The summed E-state index contributed by atoms with van der Waals surface area (Å²) in [6.45, 7) is 16.9. The lowest BCUT2D eigenvalue weighted by Gasteiger charge is -2.25. The minimum atomic E-state index is -0.455. The first kappa shape index (κ1) is 34.7. The van der Waals surface area contributed by atoms with Gasteiger partial charge in [0.2, 0.25) is 12.2 Å². The highest BCUT2D eigenvalue weighted by atomic mass is 16.5. The quantitative estimate of drug-likeness (QED) is 0.180. The molecule has 0 aromatic rings. The zero-order chi connectivity index (χ0) is 26.3. The van der Waals surface area contributed by atoms with Crippen LogP contribution in [0.5, 0.6) is 0 Å². The van der Waals surface area contributed by atoms with Gasteiger partial charge in [-0.1, -0.05) is 33.9 Å². The molecule has 2 N–H and O–H groups in total. The van der Waals surface area contributed by atoms with Gasteiger partial charge in [0.1, 0.15) is 13.2 Å². The second-order valence-electron chi connectivity index (χ2n) is 7.92. The number of ether oxygens (including phenoxy) is 2. The molecule has 0 saturated heterocycles. The van der Waals surface area contributed by atoms with Crippen LogP contribution in [0.1, 0.15) is 47.5 Å². The molecule has 0 bridgehead atoms. The Morgan fingerprint density at radius 2 is 1.36 bits per heavy atom. The lowest BCUT2D eigenvalue weighted by molar-refractivity contribution is -0.140. The number of aliphatic hydroxyl groups excluding tert-OH is 2. The highest BCUT2D eigenvalue weighted by Crippen LogP contribution is 2.27. The van der Waals surface area contributed by atoms with Gasteiger partial charge in [-0.2, -0.15) is 0 Å². The zero-order valence-corrected chi connectivity index (χ0v) is 20.4. The van der Waals surface area contributed by atoms with E-state index in [4.69, 9.17) is 10.2 Å². The third kappa shape index (κ3) is 27.1. The molecule has 33 heavy (non-hydrogen) atoms. The van der Waals surface area contributed by atoms with Crippen LogP contribution in [0.2, 0.25) is 0 Å². The van der Waals surface area contributed by atoms with Gasteiger partial charge in [0, 0.05) is 11.1 Å². The van der Waals surface area contributed by atoms with Gasteiger partial charge in [0.25, 0.3) is 0 Å². The molecule has 0 rings (SSSR count). The van der Waals surface area contributed by atoms with Crippen molar-refractivity contribution in [3.63, 3.8) is 0 Å². The largest absolute Gasteiger partial charge is 0.460 e. The van der Waals surface area contributed by atoms with Crippen LogP contribution >= 0.6 is 0 Å². The fourth-order valence-electron chi connectivity index (χ4n) is 2.21. The van der Waals surface area contributed by atoms with Crippen molar-refractivity contribution >= 4 is 24.1 Å². The third-order valence-electron chi connectivity index (χ3n) is 3.62. The minimum Gasteiger partial charge on any atom is -0.460 e. The molecule has 0 aliphatic heterocycles. The van der Waals surface area contributed by atoms with Crippen LogP contribution in [0, 0.1) is 11.3 Å². The Labute approximate surface area is 196 Å². The van der Waals surface area contributed by atoms with E-state index in [0.29, 0.717) is 30.2 Å². The molecule has 0 aliphatic carbocycles. The van der Waals surface area contributed by atoms with Crippen molar-refractivity contribution in [3.05, 3.63) is 24.3 Å². The van der Waals surface area contributed by atoms with Gasteiger partial charge in [0.05, 0.1) is 26.3 Å². The second kappa shape index (κ2) is 22.3. The summed E-state index contributed by atoms with van der Waals surface area (Å²) >= 11 is 0. The van der Waals surface area contributed by atoms with Crippen molar-refractivity contribution in [1.29, 1.82) is 0 Å². The first-order valence-electron chi connectivity index (χ1n) is 10.3. The van der Waals surface area contributed by atoms with Crippen LogP contribution in [-0.2, 0) is 28.7 Å². The molecular formula is C23H38N2O8. The summed E-state index contributed by atoms with van der Waals surface area (Å²) in [4.78, 5) is 47.9. The van der Waals surface area contributed by atoms with Crippen LogP contribution in [0.4, 0.5) is 0 Å². The van der Waals surface area contributed by atoms with Crippen LogP contribution in [0.15, 0.2) is 34.3 Å². The Hall–Kier alpha value is -2.90. The fourth-order valence-corrected chi connectivity index (χ4v) is 2.21. The molecule has 0 radical (unpaired) electrons. The third-order valence-corrected chi connectivity index (χ3v) is 3.62. The average Bonchev–Trinajstić information content (AvgIpc) is 2.74. The standard InChI is InChI=1S/C11H18N2O2.2C6H10O3/c1-10(4-5-12-8-14)6-11(2,3)7-13-9-15;2*1-5(2)6(8)9-4-3-7/h10H,4-7H2,1-3H3;2*7H,1,3-4H2,2H3. The van der Waals surface area contributed by atoms with E-state index < -0.39 is 11.9 Å². The van der Waals surface area contributed by atoms with Crippen molar-refractivity contribution < 1.29 is 38.9 Å². The summed E-state index contributed by atoms with van der Waals surface area (Å²) in [6, 6.07) is 0. The van der Waals surface area contributed by atoms with Gasteiger partial charge < -0.3 is 19.7 Å². The number of hydrogen-bond donors (Lipinski definition) is 2. The fraction of sp³-hybridized carbons (Fsp3) is 0.652. The maximum atomic E-state index is 10.5. The summed E-state index contributed by atoms with van der Waals surface area (Å²) in [5.41, 5.74) is 0.703. The molecular weight excluding hydrogens is 432 g/mol. The Kier molecular flexibility index (Phi) is 23.5. The van der Waals surface area contributed by atoms with E-state index in [2.05, 4.69) is 53.4 Å². The molecule has 1 atom stereocenters. The number of isocyanates is 2. The first-order valence-corrected chi connectivity index (χ1v) is 10.3. The summed E-state index contributed by atoms with van der Waals surface area (Å²) in [6.07, 6.45) is 4.90. The summed E-state index contributed by atoms with van der Waals surface area (Å²) in [7, 11) is 0. The number of esters is 2. The molecule has 10 nitrogen and oxygen atoms in total. The monoisotopic (exact) mass is 470 g/mol. The van der Waals surface area contributed by atoms with Gasteiger partial charge in [-0.05, 0) is 38.0 Å². The van der Waals surface area contributed by atoms with Gasteiger partial charge in [0.15, 0.2) is 0 Å². The highest BCUT2D eigenvalue weighted by Gasteiger charge is 2.20. The maximum Gasteiger partial charge on any atom is 0.333 e. The predicted octanol–water partition coefficient (Wildman–Crippen LogP) is 2.30. The van der Waals surface area contributed by atoms with Crippen LogP contribution in [0.25, 0.3) is 0 Å². The van der Waals surface area contributed by atoms with Gasteiger partial charge in [-0.3, -0.25) is 0 Å². The molecule has 0 saturated carbocycles. The smallest absolute Gasteiger partial charge is 0.333 e. The number of hydrogen-bond acceptors (Lipinski definition) is 10. The van der Waals surface area contributed by atoms with E-state index in [1.807, 2.05) is 0 Å². The number of carbonyl (C=O) groups excluding carboxylic acids is 4. The van der Waals surface area contributed by atoms with Gasteiger partial charge in [-0.15, -0.1) is 0 Å². The number of aliphatic imine (C=N–C) groups is 2. The molecule has 0 heterocycles. The molecule has 0 aromatic carbocycles. The lowest BCUT2D eigenvalue weighted by atomic mass is 9.82. The number of rotatable bonds is 13. The van der Waals surface area contributed by atoms with Crippen LogP contribution in [-0.4, -0.2) is 73.8 Å². The van der Waals surface area contributed by atoms with Crippen molar-refractivity contribution in [2.24, 2.45) is 21.3 Å². The zero-order valence-electron chi connectivity index (χ0n) is 20.4. The van der Waals surface area contributed by atoms with Crippen molar-refractivity contribution in [1.82, 2.24) is 0 Å². The average molecular weight is 471 g/mol. The van der Waals surface area contributed by atoms with E-state index in [0.717, 1.165) is 12.8 Å². The number of nitrogens with zero attached hydrogens (tertiary/aromatic N) is 2. The van der Waals surface area contributed by atoms with Crippen molar-refractivity contribution in [2.45, 2.75) is 47.5 Å². The van der Waals surface area contributed by atoms with E-state index >= 15 is 0 Å². The van der Waals surface area contributed by atoms with Crippen LogP contribution < -0.4 is 0 Å². The Morgan fingerprint density at radius 1 is 0.939 bits per heavy atom. The Morgan fingerprint density at radius 3 is 1.70 bits per heavy atom. The summed E-state index contributed by atoms with van der Waals surface area (Å²) in [5, 5.41) is 16.4. The predicted molar refractivity (Wildman–Crippen MR) is 124 cm³/mol. The van der Waals surface area contributed by atoms with Crippen molar-refractivity contribution in [3.8, 4) is 0 Å². The Bertz CT molecular complexity index is 661. The molecule has 0 aliphatic rings. The van der Waals surface area contributed by atoms with Crippen molar-refractivity contribution in [2.75, 3.05) is 39.5 Å². The normalized spacial score (nSPS) is 10.4. The molecule has 0 fully saturated rings.